The van der Waals surface area contributed by atoms with Crippen molar-refractivity contribution in [3.05, 3.63) is 12.4 Å². The van der Waals surface area contributed by atoms with Gasteiger partial charge in [0.15, 0.2) is 0 Å². The fraction of sp³-hybridized carbons (Fsp3) is 0.667. The van der Waals surface area contributed by atoms with E-state index in [4.69, 9.17) is 4.74 Å². The molecule has 19 heavy (non-hydrogen) atoms. The molecule has 2 heterocycles. The van der Waals surface area contributed by atoms with Crippen LogP contribution in [0.2, 0.25) is 0 Å². The lowest BCUT2D eigenvalue weighted by Crippen LogP contribution is -2.47. The highest BCUT2D eigenvalue weighted by molar-refractivity contribution is 5.95. The Morgan fingerprint density at radius 2 is 2.26 bits per heavy atom. The van der Waals surface area contributed by atoms with Crippen molar-refractivity contribution in [3.8, 4) is 0 Å². The molecule has 1 aliphatic rings. The van der Waals surface area contributed by atoms with Crippen LogP contribution in [0, 0.1) is 5.41 Å². The molecular weight excluding hydrogens is 268 g/mol. The summed E-state index contributed by atoms with van der Waals surface area (Å²) < 4.78 is 6.91. The number of hydrogen-bond acceptors (Lipinski definition) is 4. The van der Waals surface area contributed by atoms with Crippen molar-refractivity contribution in [1.29, 1.82) is 0 Å². The standard InChI is InChI=1S/C12H20N4O2.ClH/c1-16-8-10(7-14-16)15-11(17)12(9-18-2)3-5-13-6-4-12;/h7-8,13H,3-6,9H2,1-2H3,(H,15,17);1H. The maximum absolute atomic E-state index is 12.4. The van der Waals surface area contributed by atoms with E-state index >= 15 is 0 Å². The van der Waals surface area contributed by atoms with E-state index in [2.05, 4.69) is 15.7 Å². The minimum atomic E-state index is -0.421. The lowest BCUT2D eigenvalue weighted by atomic mass is 9.78. The van der Waals surface area contributed by atoms with Crippen LogP contribution >= 0.6 is 12.4 Å². The number of carbonyl (C=O) groups is 1. The number of anilines is 1. The van der Waals surface area contributed by atoms with Crippen molar-refractivity contribution in [2.75, 3.05) is 32.1 Å². The van der Waals surface area contributed by atoms with E-state index in [0.717, 1.165) is 31.6 Å². The third-order valence-corrected chi connectivity index (χ3v) is 3.43. The highest BCUT2D eigenvalue weighted by Crippen LogP contribution is 2.30. The van der Waals surface area contributed by atoms with Gasteiger partial charge in [0.05, 0.1) is 23.9 Å². The molecule has 2 rings (SSSR count). The molecule has 1 amide bonds. The summed E-state index contributed by atoms with van der Waals surface area (Å²) in [4.78, 5) is 12.4. The first-order valence-electron chi connectivity index (χ1n) is 6.16. The summed E-state index contributed by atoms with van der Waals surface area (Å²) in [5.74, 6) is 0.0267. The van der Waals surface area contributed by atoms with Crippen LogP contribution in [-0.4, -0.2) is 42.5 Å². The molecule has 0 aliphatic carbocycles. The van der Waals surface area contributed by atoms with Crippen LogP contribution in [0.15, 0.2) is 12.4 Å². The minimum absolute atomic E-state index is 0. The maximum Gasteiger partial charge on any atom is 0.233 e. The Morgan fingerprint density at radius 1 is 1.58 bits per heavy atom. The summed E-state index contributed by atoms with van der Waals surface area (Å²) in [6.45, 7) is 2.16. The van der Waals surface area contributed by atoms with E-state index in [1.165, 1.54) is 0 Å². The Labute approximate surface area is 119 Å². The average Bonchev–Trinajstić information content (AvgIpc) is 2.76. The monoisotopic (exact) mass is 288 g/mol. The Hall–Kier alpha value is -1.11. The van der Waals surface area contributed by atoms with Gasteiger partial charge >= 0.3 is 0 Å². The number of aromatic nitrogens is 2. The van der Waals surface area contributed by atoms with Gasteiger partial charge in [-0.3, -0.25) is 9.48 Å². The van der Waals surface area contributed by atoms with Gasteiger partial charge in [-0.25, -0.2) is 0 Å². The molecule has 108 valence electrons. The first kappa shape index (κ1) is 15.9. The zero-order valence-electron chi connectivity index (χ0n) is 11.3. The van der Waals surface area contributed by atoms with Gasteiger partial charge in [-0.05, 0) is 25.9 Å². The van der Waals surface area contributed by atoms with Crippen LogP contribution in [0.25, 0.3) is 0 Å². The van der Waals surface area contributed by atoms with Crippen LogP contribution < -0.4 is 10.6 Å². The molecule has 1 aromatic rings. The van der Waals surface area contributed by atoms with Crippen molar-refractivity contribution in [2.45, 2.75) is 12.8 Å². The fourth-order valence-corrected chi connectivity index (χ4v) is 2.37. The normalized spacial score (nSPS) is 17.6. The number of aryl methyl sites for hydroxylation is 1. The van der Waals surface area contributed by atoms with Gasteiger partial charge in [0, 0.05) is 20.4 Å². The quantitative estimate of drug-likeness (QED) is 0.860. The van der Waals surface area contributed by atoms with E-state index in [0.29, 0.717) is 6.61 Å². The summed E-state index contributed by atoms with van der Waals surface area (Å²) in [7, 11) is 3.46. The fourth-order valence-electron chi connectivity index (χ4n) is 2.37. The Balaban J connectivity index is 0.00000180. The van der Waals surface area contributed by atoms with E-state index in [1.807, 2.05) is 7.05 Å². The van der Waals surface area contributed by atoms with Crippen molar-refractivity contribution in [1.82, 2.24) is 15.1 Å². The molecule has 0 spiro atoms. The molecule has 0 bridgehead atoms. The summed E-state index contributed by atoms with van der Waals surface area (Å²) in [5, 5.41) is 10.2. The zero-order valence-corrected chi connectivity index (χ0v) is 12.1. The molecule has 6 nitrogen and oxygen atoms in total. The smallest absolute Gasteiger partial charge is 0.233 e. The van der Waals surface area contributed by atoms with E-state index < -0.39 is 5.41 Å². The summed E-state index contributed by atoms with van der Waals surface area (Å²) in [6.07, 6.45) is 5.04. The molecule has 0 unspecified atom stereocenters. The molecule has 1 aliphatic heterocycles. The molecule has 1 aromatic heterocycles. The molecule has 0 atom stereocenters. The van der Waals surface area contributed by atoms with Gasteiger partial charge in [0.25, 0.3) is 0 Å². The first-order chi connectivity index (χ1) is 8.66. The van der Waals surface area contributed by atoms with E-state index in [1.54, 1.807) is 24.2 Å². The summed E-state index contributed by atoms with van der Waals surface area (Å²) in [6, 6.07) is 0. The number of amides is 1. The molecule has 2 N–H and O–H groups in total. The largest absolute Gasteiger partial charge is 0.384 e. The lowest BCUT2D eigenvalue weighted by molar-refractivity contribution is -0.130. The number of rotatable bonds is 4. The molecule has 7 heteroatoms. The Morgan fingerprint density at radius 3 is 2.79 bits per heavy atom. The van der Waals surface area contributed by atoms with Gasteiger partial charge in [-0.2, -0.15) is 5.10 Å². The highest BCUT2D eigenvalue weighted by atomic mass is 35.5. The van der Waals surface area contributed by atoms with E-state index in [-0.39, 0.29) is 18.3 Å². The van der Waals surface area contributed by atoms with Crippen LogP contribution in [0.4, 0.5) is 5.69 Å². The SMILES string of the molecule is COCC1(C(=O)Nc2cnn(C)c2)CCNCC1.Cl. The topological polar surface area (TPSA) is 68.2 Å². The van der Waals surface area contributed by atoms with Crippen molar-refractivity contribution >= 4 is 24.0 Å². The second kappa shape index (κ2) is 6.88. The van der Waals surface area contributed by atoms with Crippen molar-refractivity contribution in [3.63, 3.8) is 0 Å². The number of piperidine rings is 1. The highest BCUT2D eigenvalue weighted by Gasteiger charge is 2.39. The van der Waals surface area contributed by atoms with E-state index in [9.17, 15) is 4.79 Å². The van der Waals surface area contributed by atoms with Crippen molar-refractivity contribution in [2.24, 2.45) is 12.5 Å². The molecule has 0 aromatic carbocycles. The number of carbonyl (C=O) groups excluding carboxylic acids is 1. The van der Waals surface area contributed by atoms with Gasteiger partial charge < -0.3 is 15.4 Å². The number of hydrogen-bond donors (Lipinski definition) is 2. The Kier molecular flexibility index (Phi) is 5.78. The van der Waals surface area contributed by atoms with Gasteiger partial charge in [-0.15, -0.1) is 12.4 Å². The number of methoxy groups -OCH3 is 1. The second-order valence-corrected chi connectivity index (χ2v) is 4.82. The second-order valence-electron chi connectivity index (χ2n) is 4.82. The lowest BCUT2D eigenvalue weighted by Gasteiger charge is -2.35. The average molecular weight is 289 g/mol. The number of ether oxygens (including phenoxy) is 1. The molecule has 1 fully saturated rings. The third-order valence-electron chi connectivity index (χ3n) is 3.43. The van der Waals surface area contributed by atoms with Gasteiger partial charge in [0.2, 0.25) is 5.91 Å². The molecule has 0 radical (unpaired) electrons. The number of halogens is 1. The molecular formula is C12H21ClN4O2. The third kappa shape index (κ3) is 3.68. The molecule has 1 saturated heterocycles. The van der Waals surface area contributed by atoms with Crippen LogP contribution in [0.1, 0.15) is 12.8 Å². The minimum Gasteiger partial charge on any atom is -0.384 e. The maximum atomic E-state index is 12.4. The number of nitrogens with zero attached hydrogens (tertiary/aromatic N) is 2. The van der Waals surface area contributed by atoms with Gasteiger partial charge in [-0.1, -0.05) is 0 Å². The zero-order chi connectivity index (χ0) is 13.0. The van der Waals surface area contributed by atoms with Gasteiger partial charge in [0.1, 0.15) is 0 Å². The summed E-state index contributed by atoms with van der Waals surface area (Å²) >= 11 is 0. The predicted octanol–water partition coefficient (Wildman–Crippen LogP) is 0.797. The number of nitrogens with one attached hydrogen (secondary N) is 2. The van der Waals surface area contributed by atoms with Crippen LogP contribution in [0.5, 0.6) is 0 Å². The predicted molar refractivity (Wildman–Crippen MR) is 75.5 cm³/mol. The van der Waals surface area contributed by atoms with Crippen LogP contribution in [-0.2, 0) is 16.6 Å². The Bertz CT molecular complexity index is 410. The van der Waals surface area contributed by atoms with Crippen molar-refractivity contribution < 1.29 is 9.53 Å². The van der Waals surface area contributed by atoms with Crippen LogP contribution in [0.3, 0.4) is 0 Å². The molecule has 0 saturated carbocycles. The summed E-state index contributed by atoms with van der Waals surface area (Å²) in [5.41, 5.74) is 0.312. The first-order valence-corrected chi connectivity index (χ1v) is 6.16.